The van der Waals surface area contributed by atoms with Gasteiger partial charge in [0.05, 0.1) is 24.4 Å². The van der Waals surface area contributed by atoms with Crippen LogP contribution >= 0.6 is 0 Å². The molecule has 2 unspecified atom stereocenters. The van der Waals surface area contributed by atoms with Crippen LogP contribution in [0.2, 0.25) is 0 Å². The van der Waals surface area contributed by atoms with Crippen molar-refractivity contribution in [3.63, 3.8) is 0 Å². The molecule has 0 aromatic heterocycles. The molecule has 4 heteroatoms. The van der Waals surface area contributed by atoms with Crippen LogP contribution in [-0.4, -0.2) is 36.1 Å². The van der Waals surface area contributed by atoms with Crippen LogP contribution in [0.3, 0.4) is 0 Å². The van der Waals surface area contributed by atoms with Crippen LogP contribution < -0.4 is 10.5 Å². The van der Waals surface area contributed by atoms with E-state index >= 15 is 0 Å². The molecule has 0 aliphatic carbocycles. The first-order valence-corrected chi connectivity index (χ1v) is 7.71. The van der Waals surface area contributed by atoms with Gasteiger partial charge in [-0.3, -0.25) is 0 Å². The maximum atomic E-state index is 11.5. The SMILES string of the molecule is CC1(C)CC(O)(C2(CN)CCOc3ccccc32)CCO1. The highest BCUT2D eigenvalue weighted by Crippen LogP contribution is 2.51. The average molecular weight is 291 g/mol. The fourth-order valence-electron chi connectivity index (χ4n) is 4.09. The van der Waals surface area contributed by atoms with Gasteiger partial charge in [0.15, 0.2) is 0 Å². The summed E-state index contributed by atoms with van der Waals surface area (Å²) in [5, 5.41) is 11.5. The first kappa shape index (κ1) is 14.8. The molecule has 2 atom stereocenters. The van der Waals surface area contributed by atoms with E-state index in [4.69, 9.17) is 15.2 Å². The van der Waals surface area contributed by atoms with Gasteiger partial charge in [0.2, 0.25) is 0 Å². The van der Waals surface area contributed by atoms with Crippen LogP contribution in [-0.2, 0) is 10.2 Å². The van der Waals surface area contributed by atoms with Crippen molar-refractivity contribution < 1.29 is 14.6 Å². The van der Waals surface area contributed by atoms with Gasteiger partial charge < -0.3 is 20.3 Å². The van der Waals surface area contributed by atoms with Crippen molar-refractivity contribution in [1.82, 2.24) is 0 Å². The predicted octanol–water partition coefficient (Wildman–Crippen LogP) is 1.99. The van der Waals surface area contributed by atoms with E-state index < -0.39 is 11.0 Å². The van der Waals surface area contributed by atoms with E-state index in [0.717, 1.165) is 17.7 Å². The minimum atomic E-state index is -0.858. The van der Waals surface area contributed by atoms with Crippen molar-refractivity contribution in [2.24, 2.45) is 5.73 Å². The quantitative estimate of drug-likeness (QED) is 0.874. The van der Waals surface area contributed by atoms with Gasteiger partial charge >= 0.3 is 0 Å². The number of aliphatic hydroxyl groups is 1. The molecule has 3 rings (SSSR count). The van der Waals surface area contributed by atoms with Crippen molar-refractivity contribution in [3.8, 4) is 5.75 Å². The Morgan fingerprint density at radius 1 is 1.19 bits per heavy atom. The van der Waals surface area contributed by atoms with E-state index in [0.29, 0.717) is 32.6 Å². The van der Waals surface area contributed by atoms with Gasteiger partial charge in [-0.05, 0) is 26.3 Å². The third-order valence-electron chi connectivity index (χ3n) is 5.15. The first-order chi connectivity index (χ1) is 9.93. The summed E-state index contributed by atoms with van der Waals surface area (Å²) < 4.78 is 11.6. The molecule has 2 aliphatic rings. The minimum absolute atomic E-state index is 0.331. The molecule has 1 aromatic carbocycles. The molecule has 4 nitrogen and oxygen atoms in total. The number of para-hydroxylation sites is 1. The number of fused-ring (bicyclic) bond motifs is 1. The van der Waals surface area contributed by atoms with Crippen LogP contribution in [0.15, 0.2) is 24.3 Å². The van der Waals surface area contributed by atoms with Crippen LogP contribution in [0.5, 0.6) is 5.75 Å². The fraction of sp³-hybridized carbons (Fsp3) is 0.647. The smallest absolute Gasteiger partial charge is 0.123 e. The molecule has 0 saturated carbocycles. The number of rotatable bonds is 2. The molecule has 0 amide bonds. The third kappa shape index (κ3) is 2.26. The number of benzene rings is 1. The summed E-state index contributed by atoms with van der Waals surface area (Å²) >= 11 is 0. The molecule has 21 heavy (non-hydrogen) atoms. The van der Waals surface area contributed by atoms with Crippen molar-refractivity contribution in [3.05, 3.63) is 29.8 Å². The van der Waals surface area contributed by atoms with Crippen LogP contribution in [0.4, 0.5) is 0 Å². The second kappa shape index (κ2) is 4.97. The Labute approximate surface area is 126 Å². The van der Waals surface area contributed by atoms with Gasteiger partial charge in [0.1, 0.15) is 5.75 Å². The second-order valence-electron chi connectivity index (χ2n) is 6.95. The molecule has 0 spiro atoms. The van der Waals surface area contributed by atoms with Gasteiger partial charge in [-0.2, -0.15) is 0 Å². The van der Waals surface area contributed by atoms with E-state index in [1.54, 1.807) is 0 Å². The molecule has 3 N–H and O–H groups in total. The summed E-state index contributed by atoms with van der Waals surface area (Å²) in [4.78, 5) is 0. The zero-order valence-corrected chi connectivity index (χ0v) is 12.9. The number of nitrogens with two attached hydrogens (primary N) is 1. The maximum absolute atomic E-state index is 11.5. The summed E-state index contributed by atoms with van der Waals surface area (Å²) in [6.07, 6.45) is 1.95. The summed E-state index contributed by atoms with van der Waals surface area (Å²) in [5.74, 6) is 0.854. The summed E-state index contributed by atoms with van der Waals surface area (Å²) in [5.41, 5.74) is 5.60. The molecule has 1 saturated heterocycles. The Morgan fingerprint density at radius 2 is 1.95 bits per heavy atom. The molecule has 1 fully saturated rings. The molecular formula is C17H25NO3. The Hall–Kier alpha value is -1.10. The molecule has 0 bridgehead atoms. The predicted molar refractivity (Wildman–Crippen MR) is 81.5 cm³/mol. The number of ether oxygens (including phenoxy) is 2. The highest BCUT2D eigenvalue weighted by molar-refractivity contribution is 5.44. The lowest BCUT2D eigenvalue weighted by atomic mass is 9.59. The molecule has 2 heterocycles. The molecule has 116 valence electrons. The second-order valence-corrected chi connectivity index (χ2v) is 6.95. The lowest BCUT2D eigenvalue weighted by molar-refractivity contribution is -0.177. The standard InChI is InChI=1S/C17H25NO3/c1-15(2)11-17(19,8-10-21-15)16(12-18)7-9-20-14-6-4-3-5-13(14)16/h3-6,19H,7-12,18H2,1-2H3. The largest absolute Gasteiger partial charge is 0.493 e. The van der Waals surface area contributed by atoms with E-state index in [2.05, 4.69) is 0 Å². The van der Waals surface area contributed by atoms with Crippen LogP contribution in [0, 0.1) is 0 Å². The number of hydrogen-bond acceptors (Lipinski definition) is 4. The fourth-order valence-corrected chi connectivity index (χ4v) is 4.09. The van der Waals surface area contributed by atoms with Gasteiger partial charge in [-0.1, -0.05) is 18.2 Å². The van der Waals surface area contributed by atoms with Gasteiger partial charge in [0, 0.05) is 30.4 Å². The molecule has 2 aliphatic heterocycles. The van der Waals surface area contributed by atoms with Crippen molar-refractivity contribution >= 4 is 0 Å². The topological polar surface area (TPSA) is 64.7 Å². The normalized spacial score (nSPS) is 34.9. The van der Waals surface area contributed by atoms with Gasteiger partial charge in [-0.25, -0.2) is 0 Å². The van der Waals surface area contributed by atoms with Gasteiger partial charge in [0.25, 0.3) is 0 Å². The van der Waals surface area contributed by atoms with E-state index in [1.165, 1.54) is 0 Å². The summed E-state index contributed by atoms with van der Waals surface area (Å²) in [6, 6.07) is 7.96. The average Bonchev–Trinajstić information content (AvgIpc) is 2.45. The maximum Gasteiger partial charge on any atom is 0.123 e. The van der Waals surface area contributed by atoms with E-state index in [-0.39, 0.29) is 5.60 Å². The zero-order chi connectivity index (χ0) is 15.1. The van der Waals surface area contributed by atoms with Gasteiger partial charge in [-0.15, -0.1) is 0 Å². The Balaban J connectivity index is 2.09. The van der Waals surface area contributed by atoms with Crippen molar-refractivity contribution in [1.29, 1.82) is 0 Å². The van der Waals surface area contributed by atoms with Crippen LogP contribution in [0.25, 0.3) is 0 Å². The first-order valence-electron chi connectivity index (χ1n) is 7.71. The lowest BCUT2D eigenvalue weighted by Crippen LogP contribution is -2.62. The van der Waals surface area contributed by atoms with Crippen molar-refractivity contribution in [2.75, 3.05) is 19.8 Å². The lowest BCUT2D eigenvalue weighted by Gasteiger charge is -2.54. The Kier molecular flexibility index (Phi) is 3.51. The monoisotopic (exact) mass is 291 g/mol. The highest BCUT2D eigenvalue weighted by atomic mass is 16.5. The third-order valence-corrected chi connectivity index (χ3v) is 5.15. The molecule has 1 aromatic rings. The molecular weight excluding hydrogens is 266 g/mol. The van der Waals surface area contributed by atoms with E-state index in [1.807, 2.05) is 38.1 Å². The van der Waals surface area contributed by atoms with Crippen molar-refractivity contribution in [2.45, 2.75) is 49.7 Å². The van der Waals surface area contributed by atoms with E-state index in [9.17, 15) is 5.11 Å². The molecule has 0 radical (unpaired) electrons. The Bertz CT molecular complexity index is 531. The zero-order valence-electron chi connectivity index (χ0n) is 12.9. The minimum Gasteiger partial charge on any atom is -0.493 e. The summed E-state index contributed by atoms with van der Waals surface area (Å²) in [6.45, 7) is 5.64. The summed E-state index contributed by atoms with van der Waals surface area (Å²) in [7, 11) is 0. The van der Waals surface area contributed by atoms with Crippen LogP contribution in [0.1, 0.15) is 38.7 Å². The Morgan fingerprint density at radius 3 is 2.67 bits per heavy atom. The highest BCUT2D eigenvalue weighted by Gasteiger charge is 2.56. The number of hydrogen-bond donors (Lipinski definition) is 2.